The van der Waals surface area contributed by atoms with Crippen molar-refractivity contribution in [3.8, 4) is 16.9 Å². The van der Waals surface area contributed by atoms with Crippen LogP contribution in [-0.2, 0) is 25.9 Å². The van der Waals surface area contributed by atoms with Crippen LogP contribution < -0.4 is 9.64 Å². The highest BCUT2D eigenvalue weighted by atomic mass is 16.5. The van der Waals surface area contributed by atoms with Crippen LogP contribution in [0.15, 0.2) is 30.5 Å². The lowest BCUT2D eigenvalue weighted by Gasteiger charge is -2.35. The van der Waals surface area contributed by atoms with Gasteiger partial charge in [0.15, 0.2) is 5.65 Å². The van der Waals surface area contributed by atoms with E-state index in [4.69, 9.17) is 14.7 Å². The molecule has 8 nitrogen and oxygen atoms in total. The van der Waals surface area contributed by atoms with Crippen LogP contribution >= 0.6 is 0 Å². The molecule has 0 radical (unpaired) electrons. The molecule has 7 rings (SSSR count). The van der Waals surface area contributed by atoms with Gasteiger partial charge in [0.1, 0.15) is 29.8 Å². The van der Waals surface area contributed by atoms with Crippen molar-refractivity contribution in [3.05, 3.63) is 58.9 Å². The summed E-state index contributed by atoms with van der Waals surface area (Å²) in [5.74, 6) is 3.92. The van der Waals surface area contributed by atoms with Crippen molar-refractivity contribution < 1.29 is 6.16 Å². The fourth-order valence-electron chi connectivity index (χ4n) is 6.56. The minimum atomic E-state index is 0. The first-order valence-electron chi connectivity index (χ1n) is 14.8. The Bertz CT molecular complexity index is 1560. The molecule has 1 N–H and O–H groups in total. The number of aryl methyl sites for hydroxylation is 2. The number of ether oxygens (including phenoxy) is 1. The van der Waals surface area contributed by atoms with Crippen LogP contribution in [0, 0.1) is 12.3 Å². The predicted octanol–water partition coefficient (Wildman–Crippen LogP) is 5.87. The lowest BCUT2D eigenvalue weighted by Crippen LogP contribution is -2.34. The summed E-state index contributed by atoms with van der Waals surface area (Å²) in [7, 11) is 0. The number of imidazole rings is 1. The Balaban J connectivity index is 0.00000302. The average Bonchev–Trinajstić information content (AvgIpc) is 3.19. The maximum atomic E-state index is 6.28. The highest BCUT2D eigenvalue weighted by molar-refractivity contribution is 5.78. The van der Waals surface area contributed by atoms with Gasteiger partial charge in [-0.05, 0) is 81.3 Å². The Morgan fingerprint density at radius 2 is 1.90 bits per heavy atom. The van der Waals surface area contributed by atoms with Gasteiger partial charge in [-0.2, -0.15) is 0 Å². The van der Waals surface area contributed by atoms with Gasteiger partial charge in [0.25, 0.3) is 0 Å². The van der Waals surface area contributed by atoms with Gasteiger partial charge in [-0.25, -0.2) is 19.9 Å². The molecule has 1 fully saturated rings. The van der Waals surface area contributed by atoms with Crippen molar-refractivity contribution in [2.75, 3.05) is 31.1 Å². The third-order valence-electron chi connectivity index (χ3n) is 8.75. The zero-order valence-corrected chi connectivity index (χ0v) is 24.0. The fourth-order valence-corrected chi connectivity index (χ4v) is 6.56. The Kier molecular flexibility index (Phi) is 6.45. The second-order valence-corrected chi connectivity index (χ2v) is 12.6. The Morgan fingerprint density at radius 3 is 2.77 bits per heavy atom. The van der Waals surface area contributed by atoms with Crippen LogP contribution in [0.5, 0.6) is 5.75 Å². The number of hydrogen-bond donors (Lipinski definition) is 1. The number of anilines is 1. The van der Waals surface area contributed by atoms with E-state index in [2.05, 4.69) is 62.9 Å². The van der Waals surface area contributed by atoms with E-state index in [0.717, 1.165) is 91.1 Å². The van der Waals surface area contributed by atoms with Gasteiger partial charge in [0.2, 0.25) is 0 Å². The van der Waals surface area contributed by atoms with Gasteiger partial charge in [-0.15, -0.1) is 0 Å². The topological polar surface area (TPSA) is 83.1 Å². The van der Waals surface area contributed by atoms with Crippen molar-refractivity contribution in [2.24, 2.45) is 5.41 Å². The second-order valence-electron chi connectivity index (χ2n) is 12.6. The molecule has 0 bridgehead atoms. The highest BCUT2D eigenvalue weighted by Gasteiger charge is 2.32. The lowest BCUT2D eigenvalue weighted by atomic mass is 9.76. The molecule has 0 unspecified atom stereocenters. The summed E-state index contributed by atoms with van der Waals surface area (Å²) in [5.41, 5.74) is 7.93. The maximum absolute atomic E-state index is 6.28. The molecule has 4 aromatic rings. The summed E-state index contributed by atoms with van der Waals surface area (Å²) in [6.45, 7) is 12.0. The number of aromatic nitrogens is 5. The summed E-state index contributed by atoms with van der Waals surface area (Å²) in [4.78, 5) is 27.8. The molecule has 8 heteroatoms. The molecule has 3 aromatic heterocycles. The average molecular weight is 540 g/mol. The molecule has 5 heterocycles. The molecule has 0 saturated carbocycles. The molecular formula is C32H41N7O. The lowest BCUT2D eigenvalue weighted by molar-refractivity contribution is 0.215. The summed E-state index contributed by atoms with van der Waals surface area (Å²) in [6, 6.07) is 8.63. The number of piperidine rings is 1. The molecule has 3 aliphatic rings. The largest absolute Gasteiger partial charge is 0.491 e. The van der Waals surface area contributed by atoms with Crippen molar-refractivity contribution in [1.82, 2.24) is 29.8 Å². The molecule has 1 aromatic carbocycles. The van der Waals surface area contributed by atoms with Crippen molar-refractivity contribution >= 4 is 17.0 Å². The van der Waals surface area contributed by atoms with E-state index in [1.807, 2.05) is 13.1 Å². The van der Waals surface area contributed by atoms with E-state index in [0.29, 0.717) is 6.61 Å². The molecule has 210 valence electrons. The third kappa shape index (κ3) is 5.05. The number of pyridine rings is 1. The van der Waals surface area contributed by atoms with E-state index in [1.54, 1.807) is 0 Å². The predicted molar refractivity (Wildman–Crippen MR) is 160 cm³/mol. The number of H-pyrrole nitrogens is 1. The Morgan fingerprint density at radius 1 is 1.02 bits per heavy atom. The fraction of sp³-hybridized carbons (Fsp3) is 0.500. The van der Waals surface area contributed by atoms with Gasteiger partial charge >= 0.3 is 0 Å². The van der Waals surface area contributed by atoms with Gasteiger partial charge in [-0.1, -0.05) is 26.3 Å². The monoisotopic (exact) mass is 539 g/mol. The van der Waals surface area contributed by atoms with Crippen LogP contribution in [0.1, 0.15) is 69.4 Å². The molecule has 1 saturated heterocycles. The summed E-state index contributed by atoms with van der Waals surface area (Å²) < 4.78 is 6.28. The van der Waals surface area contributed by atoms with Crippen LogP contribution in [0.2, 0.25) is 0 Å². The van der Waals surface area contributed by atoms with Crippen molar-refractivity contribution in [2.45, 2.75) is 72.4 Å². The minimum Gasteiger partial charge on any atom is -0.491 e. The summed E-state index contributed by atoms with van der Waals surface area (Å²) in [6.07, 6.45) is 9.01. The van der Waals surface area contributed by atoms with Crippen molar-refractivity contribution in [3.63, 3.8) is 0 Å². The molecule has 40 heavy (non-hydrogen) atoms. The van der Waals surface area contributed by atoms with E-state index in [1.165, 1.54) is 42.5 Å². The zero-order valence-electron chi connectivity index (χ0n) is 24.0. The van der Waals surface area contributed by atoms with Crippen LogP contribution in [0.4, 0.5) is 5.82 Å². The van der Waals surface area contributed by atoms with Gasteiger partial charge in [0.05, 0.1) is 18.6 Å². The molecule has 0 atom stereocenters. The smallest absolute Gasteiger partial charge is 0.177 e. The van der Waals surface area contributed by atoms with Crippen LogP contribution in [0.3, 0.4) is 0 Å². The van der Waals surface area contributed by atoms with Crippen LogP contribution in [-0.4, -0.2) is 56.1 Å². The molecule has 0 amide bonds. The normalized spacial score (nSPS) is 19.1. The third-order valence-corrected chi connectivity index (χ3v) is 8.75. The zero-order chi connectivity index (χ0) is 27.3. The number of aromatic amines is 1. The first-order valence-corrected chi connectivity index (χ1v) is 14.8. The summed E-state index contributed by atoms with van der Waals surface area (Å²) in [5, 5.41) is 0. The number of likely N-dealkylation sites (tertiary alicyclic amines) is 1. The number of nitrogens with zero attached hydrogens (tertiary/aromatic N) is 6. The Hall–Kier alpha value is -3.52. The first kappa shape index (κ1) is 25.4. The molecular weight excluding hydrogens is 498 g/mol. The standard InChI is InChI=1S/C32H39N7O.H2/c1-21-34-27-16-23(18-33-30(27)35-21)22-7-8-28-24(15-22)19-39(13-14-40-28)31-25-17-32(2,3)10-9-26(25)36-29(37-31)20-38-11-5-4-6-12-38;/h7-8,15-16,18H,4-6,9-14,17,19-20H2,1-3H3,(H,33,34,35);1H. The minimum absolute atomic E-state index is 0. The number of hydrogen-bond acceptors (Lipinski definition) is 7. The van der Waals surface area contributed by atoms with Gasteiger partial charge < -0.3 is 14.6 Å². The molecule has 2 aliphatic heterocycles. The van der Waals surface area contributed by atoms with Crippen LogP contribution in [0.25, 0.3) is 22.3 Å². The van der Waals surface area contributed by atoms with Gasteiger partial charge in [0, 0.05) is 36.6 Å². The number of benzene rings is 1. The number of rotatable bonds is 4. The number of fused-ring (bicyclic) bond motifs is 3. The van der Waals surface area contributed by atoms with E-state index >= 15 is 0 Å². The Labute approximate surface area is 237 Å². The van der Waals surface area contributed by atoms with E-state index in [9.17, 15) is 0 Å². The van der Waals surface area contributed by atoms with Crippen molar-refractivity contribution in [1.29, 1.82) is 0 Å². The first-order chi connectivity index (χ1) is 19.4. The summed E-state index contributed by atoms with van der Waals surface area (Å²) >= 11 is 0. The quantitative estimate of drug-likeness (QED) is 0.347. The van der Waals surface area contributed by atoms with E-state index < -0.39 is 0 Å². The SMILES string of the molecule is Cc1nc2ncc(-c3ccc4c(c3)CN(c3nc(CN5CCCCC5)nc5c3CC(C)(C)CC5)CCO4)cc2[nH]1.[HH]. The van der Waals surface area contributed by atoms with E-state index in [-0.39, 0.29) is 6.84 Å². The molecule has 1 aliphatic carbocycles. The maximum Gasteiger partial charge on any atom is 0.177 e. The molecule has 0 spiro atoms. The second kappa shape index (κ2) is 10.1. The number of nitrogens with one attached hydrogen (secondary N) is 1. The van der Waals surface area contributed by atoms with Gasteiger partial charge in [-0.3, -0.25) is 4.90 Å². The highest BCUT2D eigenvalue weighted by Crippen LogP contribution is 2.39.